The molecule has 0 spiro atoms. The predicted octanol–water partition coefficient (Wildman–Crippen LogP) is 1.80. The van der Waals surface area contributed by atoms with E-state index < -0.39 is 0 Å². The lowest BCUT2D eigenvalue weighted by atomic mass is 10.2. The monoisotopic (exact) mass is 426 g/mol. The minimum absolute atomic E-state index is 0.250. The van der Waals surface area contributed by atoms with Gasteiger partial charge in [-0.25, -0.2) is 9.97 Å². The average molecular weight is 426 g/mol. The van der Waals surface area contributed by atoms with Crippen molar-refractivity contribution in [3.05, 3.63) is 48.0 Å². The second kappa shape index (κ2) is 9.90. The SMILES string of the molecule is COc1cc2nc(C)cn2cc1C(=O)Nc1ccc(N2CCN[C@@H](C)C2)cn1.O=CO. The summed E-state index contributed by atoms with van der Waals surface area (Å²) in [5, 5.41) is 13.2. The number of imidazole rings is 1. The Morgan fingerprint density at radius 2 is 2.16 bits per heavy atom. The average Bonchev–Trinajstić information content (AvgIpc) is 3.12. The minimum atomic E-state index is -0.277. The highest BCUT2D eigenvalue weighted by atomic mass is 16.5. The number of pyridine rings is 2. The molecule has 0 unspecified atom stereocenters. The molecule has 3 aromatic heterocycles. The Bertz CT molecular complexity index is 1050. The Balaban J connectivity index is 0.000000858. The summed E-state index contributed by atoms with van der Waals surface area (Å²) in [4.78, 5) is 32.2. The van der Waals surface area contributed by atoms with Gasteiger partial charge in [-0.3, -0.25) is 9.59 Å². The van der Waals surface area contributed by atoms with Gasteiger partial charge in [-0.15, -0.1) is 0 Å². The van der Waals surface area contributed by atoms with Crippen molar-refractivity contribution in [3.8, 4) is 5.75 Å². The van der Waals surface area contributed by atoms with Gasteiger partial charge in [-0.1, -0.05) is 0 Å². The summed E-state index contributed by atoms with van der Waals surface area (Å²) in [7, 11) is 1.54. The van der Waals surface area contributed by atoms with Crippen LogP contribution in [0.1, 0.15) is 23.0 Å². The number of hydrogen-bond donors (Lipinski definition) is 3. The molecule has 1 amide bonds. The van der Waals surface area contributed by atoms with E-state index in [0.29, 0.717) is 23.2 Å². The largest absolute Gasteiger partial charge is 0.496 e. The second-order valence-electron chi connectivity index (χ2n) is 7.17. The molecule has 1 aliphatic rings. The van der Waals surface area contributed by atoms with E-state index >= 15 is 0 Å². The molecular formula is C21H26N6O4. The zero-order valence-electron chi connectivity index (χ0n) is 17.7. The molecule has 4 rings (SSSR count). The maximum Gasteiger partial charge on any atom is 0.290 e. The van der Waals surface area contributed by atoms with E-state index in [0.717, 1.165) is 36.7 Å². The van der Waals surface area contributed by atoms with Crippen molar-refractivity contribution in [1.82, 2.24) is 19.7 Å². The summed E-state index contributed by atoms with van der Waals surface area (Å²) in [5.41, 5.74) is 3.09. The number of piperazine rings is 1. The van der Waals surface area contributed by atoms with E-state index in [2.05, 4.69) is 32.4 Å². The van der Waals surface area contributed by atoms with Gasteiger partial charge in [0.2, 0.25) is 0 Å². The molecule has 3 aromatic rings. The van der Waals surface area contributed by atoms with E-state index in [1.807, 2.05) is 29.7 Å². The van der Waals surface area contributed by atoms with Crippen LogP contribution in [0.3, 0.4) is 0 Å². The Labute approximate surface area is 179 Å². The number of ether oxygens (including phenoxy) is 1. The van der Waals surface area contributed by atoms with Crippen LogP contribution < -0.4 is 20.3 Å². The number of carbonyl (C=O) groups excluding carboxylic acids is 1. The van der Waals surface area contributed by atoms with Crippen LogP contribution in [0.4, 0.5) is 11.5 Å². The molecule has 10 nitrogen and oxygen atoms in total. The van der Waals surface area contributed by atoms with Crippen molar-refractivity contribution in [3.63, 3.8) is 0 Å². The number of nitrogens with zero attached hydrogens (tertiary/aromatic N) is 4. The van der Waals surface area contributed by atoms with Crippen molar-refractivity contribution in [1.29, 1.82) is 0 Å². The van der Waals surface area contributed by atoms with Gasteiger partial charge in [-0.05, 0) is 26.0 Å². The first-order valence-corrected chi connectivity index (χ1v) is 9.82. The van der Waals surface area contributed by atoms with Gasteiger partial charge in [0.1, 0.15) is 17.2 Å². The number of hydrogen-bond acceptors (Lipinski definition) is 7. The fourth-order valence-electron chi connectivity index (χ4n) is 3.48. The van der Waals surface area contributed by atoms with Crippen molar-refractivity contribution in [2.75, 3.05) is 37.0 Å². The van der Waals surface area contributed by atoms with E-state index in [1.54, 1.807) is 25.6 Å². The Hall–Kier alpha value is -3.66. The minimum Gasteiger partial charge on any atom is -0.496 e. The number of aromatic nitrogens is 3. The lowest BCUT2D eigenvalue weighted by Gasteiger charge is -2.33. The molecule has 1 atom stereocenters. The molecule has 1 fully saturated rings. The molecule has 0 aromatic carbocycles. The van der Waals surface area contributed by atoms with E-state index in [9.17, 15) is 4.79 Å². The third-order valence-corrected chi connectivity index (χ3v) is 4.86. The third-order valence-electron chi connectivity index (χ3n) is 4.86. The fourth-order valence-corrected chi connectivity index (χ4v) is 3.48. The summed E-state index contributed by atoms with van der Waals surface area (Å²) >= 11 is 0. The second-order valence-corrected chi connectivity index (χ2v) is 7.17. The number of amides is 1. The normalized spacial score (nSPS) is 15.7. The molecule has 3 N–H and O–H groups in total. The van der Waals surface area contributed by atoms with E-state index in [-0.39, 0.29) is 12.4 Å². The molecule has 10 heteroatoms. The van der Waals surface area contributed by atoms with Gasteiger partial charge in [0.05, 0.1) is 30.3 Å². The van der Waals surface area contributed by atoms with Crippen LogP contribution in [0.2, 0.25) is 0 Å². The number of rotatable bonds is 4. The summed E-state index contributed by atoms with van der Waals surface area (Å²) in [6, 6.07) is 6.01. The number of methoxy groups -OCH3 is 1. The van der Waals surface area contributed by atoms with Crippen LogP contribution in [0.15, 0.2) is 36.8 Å². The number of carboxylic acid groups (broad SMARTS) is 1. The third kappa shape index (κ3) is 5.28. The predicted molar refractivity (Wildman–Crippen MR) is 117 cm³/mol. The number of aryl methyl sites for hydroxylation is 1. The van der Waals surface area contributed by atoms with Crippen molar-refractivity contribution < 1.29 is 19.4 Å². The first-order chi connectivity index (χ1) is 14.9. The molecule has 1 saturated heterocycles. The van der Waals surface area contributed by atoms with Gasteiger partial charge in [0.25, 0.3) is 12.4 Å². The molecule has 0 saturated carbocycles. The zero-order valence-corrected chi connectivity index (χ0v) is 17.7. The Morgan fingerprint density at radius 3 is 2.81 bits per heavy atom. The number of nitrogens with one attached hydrogen (secondary N) is 2. The van der Waals surface area contributed by atoms with Gasteiger partial charge in [-0.2, -0.15) is 0 Å². The summed E-state index contributed by atoms with van der Waals surface area (Å²) in [5.74, 6) is 0.698. The quantitative estimate of drug-likeness (QED) is 0.540. The molecule has 4 heterocycles. The molecule has 0 radical (unpaired) electrons. The number of carbonyl (C=O) groups is 2. The van der Waals surface area contributed by atoms with Crippen molar-refractivity contribution in [2.24, 2.45) is 0 Å². The molecular weight excluding hydrogens is 400 g/mol. The molecule has 0 aliphatic carbocycles. The highest BCUT2D eigenvalue weighted by molar-refractivity contribution is 6.05. The van der Waals surface area contributed by atoms with Crippen molar-refractivity contribution >= 4 is 29.5 Å². The van der Waals surface area contributed by atoms with Crippen LogP contribution in [0.5, 0.6) is 5.75 Å². The first-order valence-electron chi connectivity index (χ1n) is 9.82. The van der Waals surface area contributed by atoms with Crippen LogP contribution in [-0.4, -0.2) is 64.6 Å². The van der Waals surface area contributed by atoms with Crippen LogP contribution in [0, 0.1) is 6.92 Å². The highest BCUT2D eigenvalue weighted by Gasteiger charge is 2.18. The van der Waals surface area contributed by atoms with Gasteiger partial charge < -0.3 is 29.8 Å². The van der Waals surface area contributed by atoms with Crippen molar-refractivity contribution in [2.45, 2.75) is 19.9 Å². The molecule has 164 valence electrons. The summed E-state index contributed by atoms with van der Waals surface area (Å²) in [6.45, 7) is 6.66. The lowest BCUT2D eigenvalue weighted by molar-refractivity contribution is -0.122. The zero-order chi connectivity index (χ0) is 22.4. The Morgan fingerprint density at radius 1 is 1.39 bits per heavy atom. The topological polar surface area (TPSA) is 121 Å². The standard InChI is InChI=1S/C20H24N6O2.CH2O2/c1-13-10-25(7-6-21-13)15-4-5-18(22-9-15)24-20(27)16-12-26-11-14(2)23-19(26)8-17(16)28-3;2-1-3/h4-5,8-9,11-13,21H,6-7,10H2,1-3H3,(H,22,24,27);1H,(H,2,3)/t13-;/m0./s1. The molecule has 1 aliphatic heterocycles. The Kier molecular flexibility index (Phi) is 7.03. The maximum atomic E-state index is 12.8. The lowest BCUT2D eigenvalue weighted by Crippen LogP contribution is -2.49. The first kappa shape index (κ1) is 22.0. The maximum absolute atomic E-state index is 12.8. The van der Waals surface area contributed by atoms with E-state index in [1.165, 1.54) is 0 Å². The van der Waals surface area contributed by atoms with Crippen LogP contribution in [0.25, 0.3) is 5.65 Å². The summed E-state index contributed by atoms with van der Waals surface area (Å²) < 4.78 is 7.20. The van der Waals surface area contributed by atoms with Gasteiger partial charge >= 0.3 is 0 Å². The molecule has 0 bridgehead atoms. The van der Waals surface area contributed by atoms with Gasteiger partial charge in [0, 0.05) is 44.1 Å². The smallest absolute Gasteiger partial charge is 0.290 e. The highest BCUT2D eigenvalue weighted by Crippen LogP contribution is 2.23. The summed E-state index contributed by atoms with van der Waals surface area (Å²) in [6.07, 6.45) is 5.39. The van der Waals surface area contributed by atoms with Crippen LogP contribution >= 0.6 is 0 Å². The van der Waals surface area contributed by atoms with Crippen LogP contribution in [-0.2, 0) is 4.79 Å². The fraction of sp³-hybridized carbons (Fsp3) is 0.333. The van der Waals surface area contributed by atoms with Gasteiger partial charge in [0.15, 0.2) is 0 Å². The number of fused-ring (bicyclic) bond motifs is 1. The van der Waals surface area contributed by atoms with E-state index in [4.69, 9.17) is 14.6 Å². The number of anilines is 2. The molecule has 31 heavy (non-hydrogen) atoms.